The van der Waals surface area contributed by atoms with E-state index in [9.17, 15) is 4.79 Å². The molecule has 0 amide bonds. The summed E-state index contributed by atoms with van der Waals surface area (Å²) in [5.74, 6) is -0.195. The van der Waals surface area contributed by atoms with Crippen LogP contribution in [0, 0.1) is 0 Å². The van der Waals surface area contributed by atoms with Crippen molar-refractivity contribution in [3.05, 3.63) is 59.2 Å². The van der Waals surface area contributed by atoms with Crippen LogP contribution in [0.25, 0.3) is 0 Å². The molecule has 2 rings (SSSR count). The lowest BCUT2D eigenvalue weighted by Crippen LogP contribution is -2.38. The first-order valence-corrected chi connectivity index (χ1v) is 8.51. The third-order valence-electron chi connectivity index (χ3n) is 4.31. The first kappa shape index (κ1) is 17.5. The smallest absolute Gasteiger partial charge is 0.335 e. The van der Waals surface area contributed by atoms with Gasteiger partial charge in [0.1, 0.15) is 0 Å². The monoisotopic (exact) mass is 313 g/mol. The summed E-state index contributed by atoms with van der Waals surface area (Å²) >= 11 is 0. The zero-order valence-corrected chi connectivity index (χ0v) is 14.4. The van der Waals surface area contributed by atoms with E-state index >= 15 is 0 Å². The molecule has 0 bridgehead atoms. The minimum atomic E-state index is -0.195. The summed E-state index contributed by atoms with van der Waals surface area (Å²) in [7, 11) is 0. The van der Waals surface area contributed by atoms with E-state index in [0.29, 0.717) is 6.61 Å². The van der Waals surface area contributed by atoms with E-state index in [1.807, 2.05) is 19.1 Å². The molecule has 3 heteroatoms. The van der Waals surface area contributed by atoms with Gasteiger partial charge in [0.25, 0.3) is 0 Å². The minimum absolute atomic E-state index is 0.0458. The molecular formula is C20H27NO2. The average molecular weight is 313 g/mol. The predicted molar refractivity (Wildman–Crippen MR) is 94.0 cm³/mol. The second-order valence-electron chi connectivity index (χ2n) is 5.87. The molecule has 0 saturated carbocycles. The van der Waals surface area contributed by atoms with Crippen LogP contribution >= 0.6 is 0 Å². The summed E-state index contributed by atoms with van der Waals surface area (Å²) in [5.41, 5.74) is 3.25. The third-order valence-corrected chi connectivity index (χ3v) is 4.31. The zero-order valence-electron chi connectivity index (χ0n) is 14.4. The number of allylic oxidation sites excluding steroid dienone is 2. The Morgan fingerprint density at radius 2 is 2.00 bits per heavy atom. The van der Waals surface area contributed by atoms with E-state index in [1.54, 1.807) is 0 Å². The lowest BCUT2D eigenvalue weighted by molar-refractivity contribution is -0.139. The molecule has 0 aliphatic carbocycles. The molecule has 1 aromatic carbocycles. The van der Waals surface area contributed by atoms with Gasteiger partial charge >= 0.3 is 5.97 Å². The molecule has 1 atom stereocenters. The fraction of sp³-hybridized carbons (Fsp3) is 0.450. The lowest BCUT2D eigenvalue weighted by atomic mass is 9.98. The maximum absolute atomic E-state index is 12.4. The number of benzene rings is 1. The molecule has 1 heterocycles. The minimum Gasteiger partial charge on any atom is -0.463 e. The summed E-state index contributed by atoms with van der Waals surface area (Å²) < 4.78 is 5.28. The molecule has 0 N–H and O–H groups in total. The Morgan fingerprint density at radius 3 is 2.65 bits per heavy atom. The summed E-state index contributed by atoms with van der Waals surface area (Å²) in [6.07, 6.45) is 6.21. The normalized spacial score (nSPS) is 23.9. The highest BCUT2D eigenvalue weighted by Crippen LogP contribution is 2.22. The fourth-order valence-corrected chi connectivity index (χ4v) is 2.91. The first-order chi connectivity index (χ1) is 11.2. The zero-order chi connectivity index (χ0) is 16.7. The summed E-state index contributed by atoms with van der Waals surface area (Å²) in [6, 6.07) is 10.5. The molecule has 1 aliphatic heterocycles. The summed E-state index contributed by atoms with van der Waals surface area (Å²) in [6.45, 7) is 8.27. The highest BCUT2D eigenvalue weighted by molar-refractivity contribution is 5.90. The molecule has 124 valence electrons. The molecule has 3 nitrogen and oxygen atoms in total. The van der Waals surface area contributed by atoms with Gasteiger partial charge in [0.05, 0.1) is 12.2 Å². The molecule has 0 spiro atoms. The second kappa shape index (κ2) is 8.68. The molecule has 1 unspecified atom stereocenters. The van der Waals surface area contributed by atoms with Gasteiger partial charge < -0.3 is 4.74 Å². The maximum Gasteiger partial charge on any atom is 0.335 e. The van der Waals surface area contributed by atoms with E-state index in [4.69, 9.17) is 4.74 Å². The number of nitrogens with zero attached hydrogens (tertiary/aromatic N) is 1. The number of rotatable bonds is 5. The number of hydrogen-bond acceptors (Lipinski definition) is 3. The molecule has 0 aromatic heterocycles. The van der Waals surface area contributed by atoms with Crippen molar-refractivity contribution in [1.29, 1.82) is 0 Å². The summed E-state index contributed by atoms with van der Waals surface area (Å²) in [4.78, 5) is 14.7. The van der Waals surface area contributed by atoms with E-state index in [1.165, 1.54) is 11.1 Å². The Balaban J connectivity index is 2.25. The number of hydrogen-bond donors (Lipinski definition) is 0. The average Bonchev–Trinajstić information content (AvgIpc) is 2.56. The first-order valence-electron chi connectivity index (χ1n) is 8.51. The quantitative estimate of drug-likeness (QED) is 0.766. The summed E-state index contributed by atoms with van der Waals surface area (Å²) in [5, 5.41) is 0. The van der Waals surface area contributed by atoms with Gasteiger partial charge in [0.2, 0.25) is 0 Å². The van der Waals surface area contributed by atoms with Crippen LogP contribution in [0.1, 0.15) is 39.2 Å². The second-order valence-corrected chi connectivity index (χ2v) is 5.87. The number of carbonyl (C=O) groups excluding carboxylic acids is 1. The predicted octanol–water partition coefficient (Wildman–Crippen LogP) is 4.11. The van der Waals surface area contributed by atoms with Gasteiger partial charge in [0, 0.05) is 19.1 Å². The van der Waals surface area contributed by atoms with Crippen molar-refractivity contribution >= 4 is 5.97 Å². The Hall–Kier alpha value is -1.87. The van der Waals surface area contributed by atoms with E-state index in [-0.39, 0.29) is 12.0 Å². The van der Waals surface area contributed by atoms with Crippen molar-refractivity contribution in [1.82, 2.24) is 4.90 Å². The fourth-order valence-electron chi connectivity index (χ4n) is 2.91. The van der Waals surface area contributed by atoms with Crippen LogP contribution < -0.4 is 0 Å². The van der Waals surface area contributed by atoms with Crippen LogP contribution in [0.15, 0.2) is 53.6 Å². The molecule has 1 aromatic rings. The molecule has 0 saturated heterocycles. The maximum atomic E-state index is 12.4. The van der Waals surface area contributed by atoms with Crippen molar-refractivity contribution in [2.24, 2.45) is 0 Å². The van der Waals surface area contributed by atoms with Crippen LogP contribution in [-0.4, -0.2) is 30.1 Å². The molecule has 0 fully saturated rings. The Labute approximate surface area is 139 Å². The van der Waals surface area contributed by atoms with Crippen molar-refractivity contribution in [2.45, 2.75) is 46.2 Å². The Bertz CT molecular complexity index is 575. The van der Waals surface area contributed by atoms with Gasteiger partial charge in [-0.05, 0) is 38.3 Å². The van der Waals surface area contributed by atoms with Crippen LogP contribution in [0.3, 0.4) is 0 Å². The van der Waals surface area contributed by atoms with Crippen LogP contribution in [0.2, 0.25) is 0 Å². The molecule has 23 heavy (non-hydrogen) atoms. The van der Waals surface area contributed by atoms with Crippen molar-refractivity contribution < 1.29 is 9.53 Å². The topological polar surface area (TPSA) is 29.5 Å². The van der Waals surface area contributed by atoms with E-state index in [2.05, 4.69) is 49.1 Å². The Kier molecular flexibility index (Phi) is 6.60. The lowest BCUT2D eigenvalue weighted by Gasteiger charge is -2.31. The highest BCUT2D eigenvalue weighted by atomic mass is 16.5. The van der Waals surface area contributed by atoms with Crippen molar-refractivity contribution in [3.63, 3.8) is 0 Å². The SMILES string of the molecule is CCOC(=O)/C1=C/C(CC)=C\CCN(Cc2ccccc2)C1C. The Morgan fingerprint density at radius 1 is 1.26 bits per heavy atom. The van der Waals surface area contributed by atoms with Gasteiger partial charge in [-0.25, -0.2) is 4.79 Å². The van der Waals surface area contributed by atoms with Crippen LogP contribution in [0.4, 0.5) is 0 Å². The van der Waals surface area contributed by atoms with Crippen molar-refractivity contribution in [2.75, 3.05) is 13.2 Å². The number of esters is 1. The number of ether oxygens (including phenoxy) is 1. The molecular weight excluding hydrogens is 286 g/mol. The van der Waals surface area contributed by atoms with Gasteiger partial charge in [0.15, 0.2) is 0 Å². The van der Waals surface area contributed by atoms with Crippen LogP contribution in [-0.2, 0) is 16.1 Å². The van der Waals surface area contributed by atoms with Gasteiger partial charge in [-0.1, -0.05) is 48.9 Å². The van der Waals surface area contributed by atoms with E-state index in [0.717, 1.165) is 31.5 Å². The highest BCUT2D eigenvalue weighted by Gasteiger charge is 2.25. The molecule has 0 radical (unpaired) electrons. The van der Waals surface area contributed by atoms with Gasteiger partial charge in [-0.15, -0.1) is 0 Å². The standard InChI is InChI=1S/C20H27NO2/c1-4-17-12-9-13-21(15-18-10-7-6-8-11-18)16(3)19(14-17)20(22)23-5-2/h6-8,10-12,14,16H,4-5,9,13,15H2,1-3H3/b17-12-,19-14+. The largest absolute Gasteiger partial charge is 0.463 e. The van der Waals surface area contributed by atoms with Crippen LogP contribution in [0.5, 0.6) is 0 Å². The van der Waals surface area contributed by atoms with Gasteiger partial charge in [-0.3, -0.25) is 4.90 Å². The number of carbonyl (C=O) groups is 1. The molecule has 1 aliphatic rings. The van der Waals surface area contributed by atoms with E-state index < -0.39 is 0 Å². The van der Waals surface area contributed by atoms with Gasteiger partial charge in [-0.2, -0.15) is 0 Å². The van der Waals surface area contributed by atoms with Crippen molar-refractivity contribution in [3.8, 4) is 0 Å². The third kappa shape index (κ3) is 4.80.